The normalized spacial score (nSPS) is 16.5. The Hall–Kier alpha value is -5.16. The molecule has 0 saturated carbocycles. The van der Waals surface area contributed by atoms with E-state index in [9.17, 15) is 0 Å². The van der Waals surface area contributed by atoms with Crippen LogP contribution in [0.25, 0.3) is 33.4 Å². The Bertz CT molecular complexity index is 2710. The Morgan fingerprint density at radius 3 is 1.26 bits per heavy atom. The molecule has 5 heteroatoms. The molecule has 0 atom stereocenters. The molecule has 3 heterocycles. The molecule has 5 nitrogen and oxygen atoms in total. The highest BCUT2D eigenvalue weighted by molar-refractivity contribution is 6.36. The van der Waals surface area contributed by atoms with E-state index < -0.39 is 0 Å². The molecule has 0 N–H and O–H groups in total. The smallest absolute Gasteiger partial charge is 0.240 e. The molecule has 386 valence electrons. The van der Waals surface area contributed by atoms with Gasteiger partial charge in [-0.1, -0.05) is 255 Å². The average molecular weight is 976 g/mol. The van der Waals surface area contributed by atoms with Crippen molar-refractivity contribution in [2.24, 2.45) is 20.0 Å². The predicted molar refractivity (Wildman–Crippen MR) is 315 cm³/mol. The third kappa shape index (κ3) is 11.1. The van der Waals surface area contributed by atoms with Crippen LogP contribution < -0.4 is 0 Å². The van der Waals surface area contributed by atoms with Gasteiger partial charge in [-0.25, -0.2) is 14.9 Å². The Morgan fingerprint density at radius 2 is 0.781 bits per heavy atom. The summed E-state index contributed by atoms with van der Waals surface area (Å²) in [6.07, 6.45) is 38.6. The molecular weight excluding hydrogens is 887 g/mol. The van der Waals surface area contributed by atoms with Crippen molar-refractivity contribution in [2.45, 2.75) is 232 Å². The summed E-state index contributed by atoms with van der Waals surface area (Å²) in [7, 11) is 0. The second kappa shape index (κ2) is 24.9. The van der Waals surface area contributed by atoms with E-state index in [0.29, 0.717) is 5.96 Å². The van der Waals surface area contributed by atoms with Crippen molar-refractivity contribution in [3.05, 3.63) is 130 Å². The maximum absolute atomic E-state index is 5.31. The van der Waals surface area contributed by atoms with Gasteiger partial charge in [0.15, 0.2) is 11.7 Å². The van der Waals surface area contributed by atoms with Gasteiger partial charge >= 0.3 is 0 Å². The molecule has 73 heavy (non-hydrogen) atoms. The summed E-state index contributed by atoms with van der Waals surface area (Å²) in [6.45, 7) is 13.3. The van der Waals surface area contributed by atoms with Gasteiger partial charge in [-0.05, 0) is 113 Å². The van der Waals surface area contributed by atoms with E-state index in [-0.39, 0.29) is 10.8 Å². The zero-order valence-corrected chi connectivity index (χ0v) is 46.2. The van der Waals surface area contributed by atoms with E-state index in [4.69, 9.17) is 20.0 Å². The molecule has 4 aromatic carbocycles. The maximum Gasteiger partial charge on any atom is 0.240 e. The van der Waals surface area contributed by atoms with Crippen LogP contribution in [0.4, 0.5) is 0 Å². The van der Waals surface area contributed by atoms with Crippen LogP contribution in [0.1, 0.15) is 255 Å². The van der Waals surface area contributed by atoms with E-state index in [1.807, 2.05) is 13.8 Å². The number of hydrogen-bond acceptors (Lipinski definition) is 5. The third-order valence-electron chi connectivity index (χ3n) is 17.4. The standard InChI is InChI=1S/C68H89N5/c1-7-11-15-19-23-31-43-67(44-32-24-20-16-12-8-2)60-37-29-27-35-54(60)56-41-39-52(47-62(56)67)58-49-59(65-70-51(6)72-66-71-50(5)69-64(58)73(65)66)53-40-42-57-55-36-28-30-38-61(55)68(63(57)48-53,45-33-25-21-17-13-9-3)46-34-26-22-18-14-10-4/h27-30,35-42,47-49H,7-26,31-34,43-46H2,1-6H3. The van der Waals surface area contributed by atoms with Crippen molar-refractivity contribution in [2.75, 3.05) is 0 Å². The number of benzene rings is 4. The first-order chi connectivity index (χ1) is 35.9. The molecule has 0 radical (unpaired) electrons. The topological polar surface area (TPSA) is 52.7 Å². The zero-order valence-electron chi connectivity index (χ0n) is 46.2. The van der Waals surface area contributed by atoms with E-state index >= 15 is 0 Å². The fourth-order valence-corrected chi connectivity index (χ4v) is 13.6. The van der Waals surface area contributed by atoms with Crippen LogP contribution in [0.5, 0.6) is 0 Å². The lowest BCUT2D eigenvalue weighted by atomic mass is 9.70. The van der Waals surface area contributed by atoms with Crippen LogP contribution in [0.15, 0.2) is 117 Å². The summed E-state index contributed by atoms with van der Waals surface area (Å²) >= 11 is 0. The highest BCUT2D eigenvalue weighted by Gasteiger charge is 2.45. The van der Waals surface area contributed by atoms with Crippen LogP contribution in [-0.4, -0.2) is 28.4 Å². The Morgan fingerprint density at radius 1 is 0.384 bits per heavy atom. The van der Waals surface area contributed by atoms with Crippen molar-refractivity contribution in [3.8, 4) is 22.3 Å². The summed E-state index contributed by atoms with van der Waals surface area (Å²) in [4.78, 5) is 22.8. The SMILES string of the molecule is CCCCCCCCC1(CCCCCCCC)c2ccccc2-c2ccc(C3=CC(c4ccc5c(c4)C(CCCCCCCC)(CCCCCCCC)c4ccccc4-5)=C4N=C(C)N=C5N=C(C)N=C3N54)cc21. The molecular formula is C68H89N5. The number of fused-ring (bicyclic) bond motifs is 6. The summed E-state index contributed by atoms with van der Waals surface area (Å²) in [5.74, 6) is 3.88. The van der Waals surface area contributed by atoms with Gasteiger partial charge in [0.05, 0.1) is 0 Å². The van der Waals surface area contributed by atoms with Crippen molar-refractivity contribution < 1.29 is 0 Å². The molecule has 0 bridgehead atoms. The van der Waals surface area contributed by atoms with Crippen LogP contribution >= 0.6 is 0 Å². The Balaban J connectivity index is 1.16. The molecule has 4 aromatic rings. The van der Waals surface area contributed by atoms with Crippen LogP contribution in [0.3, 0.4) is 0 Å². The monoisotopic (exact) mass is 976 g/mol. The minimum absolute atomic E-state index is 0.0221. The second-order valence-electron chi connectivity index (χ2n) is 22.6. The molecule has 0 unspecified atom stereocenters. The number of rotatable bonds is 30. The lowest BCUT2D eigenvalue weighted by molar-refractivity contribution is 0.398. The van der Waals surface area contributed by atoms with Gasteiger partial charge < -0.3 is 0 Å². The van der Waals surface area contributed by atoms with Gasteiger partial charge in [0, 0.05) is 22.0 Å². The number of nitrogens with zero attached hydrogens (tertiary/aromatic N) is 5. The highest BCUT2D eigenvalue weighted by Crippen LogP contribution is 2.57. The number of aliphatic imine (C=N–C) groups is 4. The van der Waals surface area contributed by atoms with Gasteiger partial charge in [0.1, 0.15) is 11.7 Å². The summed E-state index contributed by atoms with van der Waals surface area (Å²) in [5.41, 5.74) is 16.4. The van der Waals surface area contributed by atoms with Crippen molar-refractivity contribution >= 4 is 34.6 Å². The molecule has 0 spiro atoms. The number of unbranched alkanes of at least 4 members (excludes halogenated alkanes) is 20. The second-order valence-corrected chi connectivity index (χ2v) is 22.6. The molecule has 0 saturated heterocycles. The first kappa shape index (κ1) is 52.7. The molecule has 5 aliphatic rings. The van der Waals surface area contributed by atoms with Crippen LogP contribution in [0, 0.1) is 0 Å². The molecule has 2 aliphatic carbocycles. The number of amidine groups is 3. The highest BCUT2D eigenvalue weighted by atomic mass is 15.4. The fraction of sp³-hybridized carbons (Fsp3) is 0.529. The van der Waals surface area contributed by atoms with Crippen molar-refractivity contribution in [1.82, 2.24) is 4.90 Å². The molecule has 0 aromatic heterocycles. The minimum Gasteiger partial charge on any atom is -0.245 e. The van der Waals surface area contributed by atoms with Crippen molar-refractivity contribution in [3.63, 3.8) is 0 Å². The van der Waals surface area contributed by atoms with Gasteiger partial charge in [0.25, 0.3) is 0 Å². The molecule has 9 rings (SSSR count). The van der Waals surface area contributed by atoms with E-state index in [1.54, 1.807) is 11.1 Å². The van der Waals surface area contributed by atoms with Gasteiger partial charge in [-0.3, -0.25) is 0 Å². The first-order valence-electron chi connectivity index (χ1n) is 29.9. The fourth-order valence-electron chi connectivity index (χ4n) is 13.6. The summed E-state index contributed by atoms with van der Waals surface area (Å²) in [5, 5.41) is 0. The molecule has 0 fully saturated rings. The van der Waals surface area contributed by atoms with Gasteiger partial charge in [-0.2, -0.15) is 9.98 Å². The van der Waals surface area contributed by atoms with Crippen LogP contribution in [0.2, 0.25) is 0 Å². The first-order valence-corrected chi connectivity index (χ1v) is 29.9. The zero-order chi connectivity index (χ0) is 50.6. The molecule has 3 aliphatic heterocycles. The van der Waals surface area contributed by atoms with E-state index in [0.717, 1.165) is 34.5 Å². The summed E-state index contributed by atoms with van der Waals surface area (Å²) in [6, 6.07) is 33.8. The van der Waals surface area contributed by atoms with Crippen molar-refractivity contribution in [1.29, 1.82) is 0 Å². The summed E-state index contributed by atoms with van der Waals surface area (Å²) < 4.78 is 0. The number of allylic oxidation sites excluding steroid dienone is 2. The predicted octanol–water partition coefficient (Wildman–Crippen LogP) is 19.9. The average Bonchev–Trinajstić information content (AvgIpc) is 3.83. The quantitative estimate of drug-likeness (QED) is 0.0480. The Labute approximate surface area is 442 Å². The Kier molecular flexibility index (Phi) is 18.0. The van der Waals surface area contributed by atoms with Gasteiger partial charge in [-0.15, -0.1) is 0 Å². The van der Waals surface area contributed by atoms with E-state index in [1.165, 1.54) is 224 Å². The minimum atomic E-state index is -0.0221. The van der Waals surface area contributed by atoms with Gasteiger partial charge in [0.2, 0.25) is 5.96 Å². The third-order valence-corrected chi connectivity index (χ3v) is 17.4. The molecule has 0 amide bonds. The lowest BCUT2D eigenvalue weighted by Gasteiger charge is -2.37. The van der Waals surface area contributed by atoms with E-state index in [2.05, 4.69) is 124 Å². The van der Waals surface area contributed by atoms with Crippen LogP contribution in [-0.2, 0) is 10.8 Å². The lowest BCUT2D eigenvalue weighted by Crippen LogP contribution is -2.43. The maximum atomic E-state index is 5.31. The number of guanidine groups is 1. The largest absolute Gasteiger partial charge is 0.245 e. The number of hydrogen-bond donors (Lipinski definition) is 0.